The third-order valence-corrected chi connectivity index (χ3v) is 10.2. The van der Waals surface area contributed by atoms with Gasteiger partial charge in [-0.05, 0) is 101 Å². The number of benzene rings is 2. The summed E-state index contributed by atoms with van der Waals surface area (Å²) in [5.41, 5.74) is -0.805. The summed E-state index contributed by atoms with van der Waals surface area (Å²) in [6.45, 7) is 5.68. The first kappa shape index (κ1) is 48.7. The fraction of sp³-hybridized carbons (Fsp3) is 0.611. The summed E-state index contributed by atoms with van der Waals surface area (Å²) in [7, 11) is 0. The summed E-state index contributed by atoms with van der Waals surface area (Å²) >= 11 is 0. The van der Waals surface area contributed by atoms with Crippen LogP contribution in [0.4, 0.5) is 52.7 Å². The predicted octanol–water partition coefficient (Wildman–Crippen LogP) is 6.32. The van der Waals surface area contributed by atoms with Crippen LogP contribution in [-0.4, -0.2) is 70.6 Å². The molecule has 2 aromatic rings. The summed E-state index contributed by atoms with van der Waals surface area (Å²) in [4.78, 5) is 22.6. The van der Waals surface area contributed by atoms with Gasteiger partial charge in [0, 0.05) is 24.2 Å². The third kappa shape index (κ3) is 12.7. The molecule has 2 aliphatic rings. The van der Waals surface area contributed by atoms with Crippen LogP contribution >= 0.6 is 0 Å². The molecule has 22 heteroatoms. The molecule has 2 aromatic carbocycles. The lowest BCUT2D eigenvalue weighted by molar-refractivity contribution is -0.145. The van der Waals surface area contributed by atoms with Gasteiger partial charge in [-0.3, -0.25) is 9.59 Å². The number of halogens is 12. The minimum Gasteiger partial charge on any atom is -0.379 e. The summed E-state index contributed by atoms with van der Waals surface area (Å²) in [6.07, 6.45) is -21.3. The Hall–Kier alpha value is -3.70. The van der Waals surface area contributed by atoms with Crippen LogP contribution in [0.3, 0.4) is 0 Å². The molecular weight excluding hydrogens is 812 g/mol. The molecule has 2 saturated heterocycles. The van der Waals surface area contributed by atoms with Gasteiger partial charge in [-0.1, -0.05) is 0 Å². The summed E-state index contributed by atoms with van der Waals surface area (Å²) in [5.74, 6) is -1.77. The molecule has 0 aromatic heterocycles. The van der Waals surface area contributed by atoms with E-state index in [4.69, 9.17) is 20.9 Å². The van der Waals surface area contributed by atoms with E-state index in [1.165, 1.54) is 13.8 Å². The van der Waals surface area contributed by atoms with E-state index in [-0.39, 0.29) is 75.2 Å². The van der Waals surface area contributed by atoms with Gasteiger partial charge in [-0.15, -0.1) is 0 Å². The quantitative estimate of drug-likeness (QED) is 0.151. The molecule has 8 N–H and O–H groups in total. The molecule has 0 saturated carbocycles. The van der Waals surface area contributed by atoms with Crippen LogP contribution < -0.4 is 22.1 Å². The van der Waals surface area contributed by atoms with E-state index in [0.29, 0.717) is 24.3 Å². The number of primary amides is 2. The van der Waals surface area contributed by atoms with Crippen molar-refractivity contribution in [2.24, 2.45) is 11.5 Å². The first-order chi connectivity index (χ1) is 26.1. The molecule has 6 atom stereocenters. The van der Waals surface area contributed by atoms with E-state index in [0.717, 1.165) is 0 Å². The minimum atomic E-state index is -4.94. The predicted molar refractivity (Wildman–Crippen MR) is 181 cm³/mol. The van der Waals surface area contributed by atoms with Crippen molar-refractivity contribution in [3.63, 3.8) is 0 Å². The zero-order valence-corrected chi connectivity index (χ0v) is 31.5. The Morgan fingerprint density at radius 1 is 0.586 bits per heavy atom. The first-order valence-electron chi connectivity index (χ1n) is 17.5. The number of hydrogen-bond donors (Lipinski definition) is 6. The van der Waals surface area contributed by atoms with Crippen molar-refractivity contribution in [1.82, 2.24) is 10.6 Å². The molecule has 2 heterocycles. The van der Waals surface area contributed by atoms with Crippen LogP contribution in [0.2, 0.25) is 0 Å². The second-order valence-electron chi connectivity index (χ2n) is 15.2. The summed E-state index contributed by atoms with van der Waals surface area (Å²) in [5, 5.41) is 25.9. The van der Waals surface area contributed by atoms with Gasteiger partial charge >= 0.3 is 24.7 Å². The Kier molecular flexibility index (Phi) is 14.4. The number of amides is 2. The lowest BCUT2D eigenvalue weighted by Gasteiger charge is -2.41. The van der Waals surface area contributed by atoms with E-state index >= 15 is 0 Å². The van der Waals surface area contributed by atoms with Crippen LogP contribution in [0, 0.1) is 0 Å². The second-order valence-corrected chi connectivity index (χ2v) is 15.2. The van der Waals surface area contributed by atoms with Crippen LogP contribution in [0.15, 0.2) is 36.4 Å². The maximum absolute atomic E-state index is 13.0. The molecule has 328 valence electrons. The number of β-amino-alcohol motifs (C(OH)–C–C–N with tert-alkyl or cyclic N) is 2. The van der Waals surface area contributed by atoms with Gasteiger partial charge in [0.15, 0.2) is 11.2 Å². The number of nitrogens with one attached hydrogen (secondary N) is 2. The van der Waals surface area contributed by atoms with Crippen molar-refractivity contribution in [2.45, 2.75) is 113 Å². The van der Waals surface area contributed by atoms with E-state index in [1.54, 1.807) is 13.8 Å². The molecular formula is C36H44F12N4O6. The zero-order valence-electron chi connectivity index (χ0n) is 31.5. The number of carbonyl (C=O) groups is 2. The number of piperidine rings is 2. The SMILES string of the molecule is C[C@@H](OC[C@@]1(C)CCC(O)(C(N)=O)CN1)c1cc(C(F)(F)F)cc(C(F)(F)F)c1.C[C@@H](OC[C@@]1(C)CCC(O)(C(N)=O)CN1)c1cc(C(F)(F)F)cc(C(F)(F)F)c1. The Balaban J connectivity index is 0.000000310. The molecule has 4 rings (SSSR count). The number of nitrogens with two attached hydrogens (primary N) is 2. The zero-order chi connectivity index (χ0) is 44.5. The fourth-order valence-electron chi connectivity index (χ4n) is 5.94. The van der Waals surface area contributed by atoms with Gasteiger partial charge in [0.05, 0.1) is 47.7 Å². The number of rotatable bonds is 10. The number of alkyl halides is 12. The van der Waals surface area contributed by atoms with Gasteiger partial charge < -0.3 is 41.8 Å². The lowest BCUT2D eigenvalue weighted by atomic mass is 9.83. The molecule has 2 unspecified atom stereocenters. The fourth-order valence-corrected chi connectivity index (χ4v) is 5.94. The van der Waals surface area contributed by atoms with Crippen LogP contribution in [0.5, 0.6) is 0 Å². The van der Waals surface area contributed by atoms with Crippen molar-refractivity contribution in [1.29, 1.82) is 0 Å². The average molecular weight is 857 g/mol. The highest BCUT2D eigenvalue weighted by Gasteiger charge is 2.45. The number of carbonyl (C=O) groups excluding carboxylic acids is 2. The van der Waals surface area contributed by atoms with Crippen molar-refractivity contribution in [3.05, 3.63) is 69.8 Å². The van der Waals surface area contributed by atoms with E-state index < -0.39 is 93.3 Å². The van der Waals surface area contributed by atoms with Gasteiger partial charge in [0.1, 0.15) is 0 Å². The highest BCUT2D eigenvalue weighted by Crippen LogP contribution is 2.40. The van der Waals surface area contributed by atoms with Gasteiger partial charge in [0.25, 0.3) is 11.8 Å². The average Bonchev–Trinajstić information content (AvgIpc) is 3.11. The molecule has 0 spiro atoms. The topological polar surface area (TPSA) is 169 Å². The van der Waals surface area contributed by atoms with Crippen molar-refractivity contribution in [2.75, 3.05) is 26.3 Å². The Morgan fingerprint density at radius 2 is 0.845 bits per heavy atom. The standard InChI is InChI=1S/2C18H22F6N2O3/c2*1-10(29-9-15(2)3-4-16(28,8-26-15)14(25)27)11-5-12(17(19,20)21)7-13(6-11)18(22,23)24/h2*5-7,10,26,28H,3-4,8-9H2,1-2H3,(H2,25,27)/t2*10-,15-,16?/m11/s1. The lowest BCUT2D eigenvalue weighted by Crippen LogP contribution is -2.62. The smallest absolute Gasteiger partial charge is 0.379 e. The number of aliphatic hydroxyl groups is 2. The molecule has 2 aliphatic heterocycles. The number of ether oxygens (including phenoxy) is 2. The monoisotopic (exact) mass is 856 g/mol. The van der Waals surface area contributed by atoms with Crippen molar-refractivity contribution < 1.29 is 82.0 Å². The van der Waals surface area contributed by atoms with E-state index in [9.17, 15) is 72.5 Å². The second kappa shape index (κ2) is 17.1. The van der Waals surface area contributed by atoms with E-state index in [1.807, 2.05) is 0 Å². The number of hydrogen-bond acceptors (Lipinski definition) is 8. The summed E-state index contributed by atoms with van der Waals surface area (Å²) < 4.78 is 167. The first-order valence-corrected chi connectivity index (χ1v) is 17.5. The highest BCUT2D eigenvalue weighted by atomic mass is 19.4. The summed E-state index contributed by atoms with van der Waals surface area (Å²) in [6, 6.07) is 2.63. The molecule has 10 nitrogen and oxygen atoms in total. The molecule has 2 fully saturated rings. The van der Waals surface area contributed by atoms with Crippen LogP contribution in [0.25, 0.3) is 0 Å². The van der Waals surface area contributed by atoms with E-state index in [2.05, 4.69) is 10.6 Å². The molecule has 58 heavy (non-hydrogen) atoms. The largest absolute Gasteiger partial charge is 0.416 e. The van der Waals surface area contributed by atoms with Gasteiger partial charge in [-0.25, -0.2) is 0 Å². The van der Waals surface area contributed by atoms with Crippen molar-refractivity contribution in [3.8, 4) is 0 Å². The van der Waals surface area contributed by atoms with Crippen molar-refractivity contribution >= 4 is 11.8 Å². The van der Waals surface area contributed by atoms with Crippen LogP contribution in [0.1, 0.15) is 99.0 Å². The van der Waals surface area contributed by atoms with Crippen LogP contribution in [-0.2, 0) is 43.8 Å². The normalized spacial score (nSPS) is 26.9. The maximum Gasteiger partial charge on any atom is 0.416 e. The Morgan fingerprint density at radius 3 is 1.03 bits per heavy atom. The highest BCUT2D eigenvalue weighted by molar-refractivity contribution is 5.84. The minimum absolute atomic E-state index is 0.0470. The Bertz CT molecular complexity index is 1570. The third-order valence-electron chi connectivity index (χ3n) is 10.2. The molecule has 0 radical (unpaired) electrons. The molecule has 0 aliphatic carbocycles. The maximum atomic E-state index is 13.0. The molecule has 2 amide bonds. The molecule has 0 bridgehead atoms. The van der Waals surface area contributed by atoms with Gasteiger partial charge in [-0.2, -0.15) is 52.7 Å². The van der Waals surface area contributed by atoms with Gasteiger partial charge in [0.2, 0.25) is 0 Å². The Labute approximate surface area is 324 Å².